The summed E-state index contributed by atoms with van der Waals surface area (Å²) >= 11 is 0. The average molecular weight is 341 g/mol. The smallest absolute Gasteiger partial charge is 0.296 e. The second kappa shape index (κ2) is 6.54. The van der Waals surface area contributed by atoms with Crippen LogP contribution in [0.3, 0.4) is 0 Å². The Balaban J connectivity index is 1.50. The van der Waals surface area contributed by atoms with Crippen LogP contribution >= 0.6 is 0 Å². The van der Waals surface area contributed by atoms with E-state index in [4.69, 9.17) is 8.94 Å². The van der Waals surface area contributed by atoms with Crippen LogP contribution in [0.15, 0.2) is 33.2 Å². The summed E-state index contributed by atoms with van der Waals surface area (Å²) in [5, 5.41) is 6.92. The van der Waals surface area contributed by atoms with Crippen LogP contribution in [-0.4, -0.2) is 38.5 Å². The Labute approximate surface area is 144 Å². The van der Waals surface area contributed by atoms with E-state index in [9.17, 15) is 4.79 Å². The van der Waals surface area contributed by atoms with E-state index in [1.54, 1.807) is 11.8 Å². The van der Waals surface area contributed by atoms with Crippen molar-refractivity contribution in [2.45, 2.75) is 38.8 Å². The molecule has 1 aliphatic heterocycles. The lowest BCUT2D eigenvalue weighted by atomic mass is 10.1. The number of amides is 1. The van der Waals surface area contributed by atoms with Crippen molar-refractivity contribution < 1.29 is 13.7 Å². The molecule has 0 saturated carbocycles. The Kier molecular flexibility index (Phi) is 4.09. The van der Waals surface area contributed by atoms with Crippen molar-refractivity contribution in [2.24, 2.45) is 0 Å². The van der Waals surface area contributed by atoms with Gasteiger partial charge < -0.3 is 19.2 Å². The molecule has 1 aromatic carbocycles. The molecule has 1 fully saturated rings. The number of aromatic nitrogens is 3. The molecule has 0 aliphatic carbocycles. The van der Waals surface area contributed by atoms with Gasteiger partial charge >= 0.3 is 0 Å². The van der Waals surface area contributed by atoms with Crippen LogP contribution in [0.2, 0.25) is 0 Å². The molecule has 1 atom stereocenters. The van der Waals surface area contributed by atoms with E-state index in [0.717, 1.165) is 24.8 Å². The number of nitrogens with zero attached hydrogens (tertiary/aromatic N) is 4. The van der Waals surface area contributed by atoms with Crippen LogP contribution in [0.5, 0.6) is 0 Å². The third-order valence-electron chi connectivity index (χ3n) is 4.27. The van der Waals surface area contributed by atoms with E-state index in [0.29, 0.717) is 36.4 Å². The van der Waals surface area contributed by atoms with E-state index < -0.39 is 0 Å². The minimum atomic E-state index is -0.375. The van der Waals surface area contributed by atoms with Gasteiger partial charge in [-0.3, -0.25) is 4.79 Å². The number of carbonyl (C=O) groups excluding carboxylic acids is 1. The maximum atomic E-state index is 12.9. The van der Waals surface area contributed by atoms with E-state index in [1.807, 2.05) is 24.3 Å². The van der Waals surface area contributed by atoms with Crippen LogP contribution in [-0.2, 0) is 11.3 Å². The van der Waals surface area contributed by atoms with Crippen LogP contribution in [0.4, 0.5) is 6.01 Å². The lowest BCUT2D eigenvalue weighted by Crippen LogP contribution is -2.41. The van der Waals surface area contributed by atoms with Gasteiger partial charge in [-0.15, -0.1) is 0 Å². The highest BCUT2D eigenvalue weighted by atomic mass is 16.5. The summed E-state index contributed by atoms with van der Waals surface area (Å²) in [6, 6.07) is 7.52. The highest BCUT2D eigenvalue weighted by molar-refractivity contribution is 5.85. The summed E-state index contributed by atoms with van der Waals surface area (Å²) in [5.74, 6) is 1.02. The lowest BCUT2D eigenvalue weighted by Gasteiger charge is -2.22. The Bertz CT molecular complexity index is 854. The lowest BCUT2D eigenvalue weighted by molar-refractivity contribution is -0.132. The number of anilines is 1. The number of benzene rings is 1. The van der Waals surface area contributed by atoms with E-state index >= 15 is 0 Å². The molecule has 1 N–H and O–H groups in total. The molecular weight excluding hydrogens is 322 g/mol. The van der Waals surface area contributed by atoms with Crippen LogP contribution in [0, 0.1) is 6.92 Å². The molecule has 1 saturated heterocycles. The summed E-state index contributed by atoms with van der Waals surface area (Å²) in [6.07, 6.45) is 2.62. The fraction of sp³-hybridized carbons (Fsp3) is 0.412. The molecule has 1 amide bonds. The molecule has 8 heteroatoms. The summed E-state index contributed by atoms with van der Waals surface area (Å²) in [6.45, 7) is 2.76. The Morgan fingerprint density at radius 1 is 1.28 bits per heavy atom. The van der Waals surface area contributed by atoms with Gasteiger partial charge in [-0.2, -0.15) is 9.97 Å². The molecule has 0 bridgehead atoms. The van der Waals surface area contributed by atoms with Gasteiger partial charge in [0.15, 0.2) is 11.4 Å². The zero-order chi connectivity index (χ0) is 17.2. The van der Waals surface area contributed by atoms with E-state index in [2.05, 4.69) is 20.4 Å². The molecule has 3 aromatic rings. The third kappa shape index (κ3) is 3.33. The monoisotopic (exact) mass is 341 g/mol. The van der Waals surface area contributed by atoms with Crippen molar-refractivity contribution in [2.75, 3.05) is 11.9 Å². The molecule has 2 aromatic heterocycles. The van der Waals surface area contributed by atoms with Crippen LogP contribution in [0.25, 0.3) is 11.1 Å². The van der Waals surface area contributed by atoms with E-state index in [-0.39, 0.29) is 11.9 Å². The first-order valence-corrected chi connectivity index (χ1v) is 8.39. The fourth-order valence-electron chi connectivity index (χ4n) is 3.05. The molecular formula is C17H19N5O3. The van der Waals surface area contributed by atoms with Crippen molar-refractivity contribution in [1.29, 1.82) is 0 Å². The van der Waals surface area contributed by atoms with Gasteiger partial charge in [-0.25, -0.2) is 0 Å². The number of rotatable bonds is 4. The van der Waals surface area contributed by atoms with Crippen molar-refractivity contribution in [1.82, 2.24) is 20.0 Å². The van der Waals surface area contributed by atoms with Gasteiger partial charge in [0.05, 0.1) is 0 Å². The molecule has 1 unspecified atom stereocenters. The molecule has 0 spiro atoms. The average Bonchev–Trinajstić information content (AvgIpc) is 3.16. The highest BCUT2D eigenvalue weighted by Crippen LogP contribution is 2.22. The number of aryl methyl sites for hydroxylation is 1. The number of oxazole rings is 1. The SMILES string of the molecule is Cc1noc(CN2CCCCC(Nc3nc4ccccc4o3)C2=O)n1. The Hall–Kier alpha value is -2.90. The molecule has 25 heavy (non-hydrogen) atoms. The van der Waals surface area contributed by atoms with Gasteiger partial charge in [0.2, 0.25) is 11.8 Å². The van der Waals surface area contributed by atoms with E-state index in [1.165, 1.54) is 0 Å². The van der Waals surface area contributed by atoms with Crippen molar-refractivity contribution in [3.8, 4) is 0 Å². The highest BCUT2D eigenvalue weighted by Gasteiger charge is 2.29. The first-order chi connectivity index (χ1) is 12.2. The first kappa shape index (κ1) is 15.6. The second-order valence-corrected chi connectivity index (χ2v) is 6.17. The van der Waals surface area contributed by atoms with Gasteiger partial charge in [0.1, 0.15) is 18.1 Å². The predicted molar refractivity (Wildman–Crippen MR) is 89.7 cm³/mol. The molecule has 8 nitrogen and oxygen atoms in total. The predicted octanol–water partition coefficient (Wildman–Crippen LogP) is 2.51. The second-order valence-electron chi connectivity index (χ2n) is 6.17. The van der Waals surface area contributed by atoms with Crippen molar-refractivity contribution in [3.63, 3.8) is 0 Å². The molecule has 0 radical (unpaired) electrons. The quantitative estimate of drug-likeness (QED) is 0.778. The first-order valence-electron chi connectivity index (χ1n) is 8.39. The van der Waals surface area contributed by atoms with Gasteiger partial charge in [-0.05, 0) is 38.3 Å². The standard InChI is InChI=1S/C17H19N5O3/c1-11-18-15(25-21-11)10-22-9-5-4-7-13(16(22)23)20-17-19-12-6-2-3-8-14(12)24-17/h2-3,6,8,13H,4-5,7,9-10H2,1H3,(H,19,20). The van der Waals surface area contributed by atoms with Crippen molar-refractivity contribution in [3.05, 3.63) is 36.0 Å². The normalized spacial score (nSPS) is 18.5. The molecule has 1 aliphatic rings. The van der Waals surface area contributed by atoms with Gasteiger partial charge in [-0.1, -0.05) is 17.3 Å². The molecule has 3 heterocycles. The van der Waals surface area contributed by atoms with Crippen molar-refractivity contribution >= 4 is 23.0 Å². The number of carbonyl (C=O) groups is 1. The van der Waals surface area contributed by atoms with Gasteiger partial charge in [0.25, 0.3) is 6.01 Å². The number of fused-ring (bicyclic) bond motifs is 1. The summed E-state index contributed by atoms with van der Waals surface area (Å²) in [5.41, 5.74) is 1.47. The maximum absolute atomic E-state index is 12.9. The molecule has 4 rings (SSSR count). The topological polar surface area (TPSA) is 97.3 Å². The fourth-order valence-corrected chi connectivity index (χ4v) is 3.05. The summed E-state index contributed by atoms with van der Waals surface area (Å²) in [4.78, 5) is 23.2. The zero-order valence-electron chi connectivity index (χ0n) is 13.9. The number of para-hydroxylation sites is 2. The Morgan fingerprint density at radius 2 is 2.16 bits per heavy atom. The Morgan fingerprint density at radius 3 is 2.96 bits per heavy atom. The minimum Gasteiger partial charge on any atom is -0.424 e. The number of nitrogens with one attached hydrogen (secondary N) is 1. The zero-order valence-corrected chi connectivity index (χ0v) is 13.9. The molecule has 130 valence electrons. The number of likely N-dealkylation sites (tertiary alicyclic amines) is 1. The van der Waals surface area contributed by atoms with Gasteiger partial charge in [0, 0.05) is 6.54 Å². The summed E-state index contributed by atoms with van der Waals surface area (Å²) < 4.78 is 10.8. The summed E-state index contributed by atoms with van der Waals surface area (Å²) in [7, 11) is 0. The van der Waals surface area contributed by atoms with Crippen LogP contribution in [0.1, 0.15) is 31.0 Å². The largest absolute Gasteiger partial charge is 0.424 e. The van der Waals surface area contributed by atoms with Crippen LogP contribution < -0.4 is 5.32 Å². The number of hydrogen-bond donors (Lipinski definition) is 1. The minimum absolute atomic E-state index is 0.00407. The maximum Gasteiger partial charge on any atom is 0.296 e. The third-order valence-corrected chi connectivity index (χ3v) is 4.27. The number of hydrogen-bond acceptors (Lipinski definition) is 7.